The molecule has 2 aromatic carbocycles. The van der Waals surface area contributed by atoms with Gasteiger partial charge in [-0.2, -0.15) is 0 Å². The van der Waals surface area contributed by atoms with Crippen molar-refractivity contribution < 1.29 is 0 Å². The second-order valence-corrected chi connectivity index (χ2v) is 8.09. The third kappa shape index (κ3) is 5.80. The molecule has 0 aliphatic heterocycles. The molecule has 0 N–H and O–H groups in total. The van der Waals surface area contributed by atoms with Crippen LogP contribution in [0, 0.1) is 0 Å². The Bertz CT molecular complexity index is 865. The number of rotatable bonds is 10. The van der Waals surface area contributed by atoms with Gasteiger partial charge in [0.2, 0.25) is 0 Å². The maximum Gasteiger partial charge on any atom is 0.117 e. The molecule has 0 amide bonds. The fourth-order valence-corrected chi connectivity index (χ4v) is 4.01. The van der Waals surface area contributed by atoms with E-state index in [1.54, 1.807) is 11.3 Å². The first-order valence-electron chi connectivity index (χ1n) is 10.4. The van der Waals surface area contributed by atoms with Crippen LogP contribution in [0.15, 0.2) is 60.7 Å². The van der Waals surface area contributed by atoms with Crippen LogP contribution in [0.5, 0.6) is 0 Å². The van der Waals surface area contributed by atoms with E-state index in [0.717, 1.165) is 23.6 Å². The summed E-state index contributed by atoms with van der Waals surface area (Å²) in [6, 6.07) is 17.2. The molecule has 0 saturated heterocycles. The van der Waals surface area contributed by atoms with Crippen molar-refractivity contribution in [2.75, 3.05) is 18.0 Å². The minimum absolute atomic E-state index is 1.05. The maximum absolute atomic E-state index is 4.63. The number of aromatic nitrogens is 1. The molecular formula is C25H30N2S. The van der Waals surface area contributed by atoms with E-state index in [9.17, 15) is 0 Å². The van der Waals surface area contributed by atoms with Crippen molar-refractivity contribution in [2.45, 2.75) is 39.5 Å². The number of unbranched alkanes of at least 4 members (excludes halogenated alkanes) is 2. The highest BCUT2D eigenvalue weighted by Crippen LogP contribution is 2.22. The van der Waals surface area contributed by atoms with Crippen LogP contribution in [0.2, 0.25) is 0 Å². The number of fused-ring (bicyclic) bond motifs is 1. The van der Waals surface area contributed by atoms with Crippen LogP contribution in [0.3, 0.4) is 0 Å². The number of para-hydroxylation sites is 1. The van der Waals surface area contributed by atoms with Gasteiger partial charge in [-0.25, -0.2) is 4.98 Å². The van der Waals surface area contributed by atoms with E-state index in [0.29, 0.717) is 0 Å². The Kier molecular flexibility index (Phi) is 7.86. The summed E-state index contributed by atoms with van der Waals surface area (Å²) in [6.45, 7) is 6.81. The Morgan fingerprint density at radius 3 is 2.21 bits per heavy atom. The Hall–Kier alpha value is -2.39. The Morgan fingerprint density at radius 2 is 1.54 bits per heavy atom. The fraction of sp³-hybridized carbons (Fsp3) is 0.320. The molecule has 0 spiro atoms. The van der Waals surface area contributed by atoms with Gasteiger partial charge < -0.3 is 4.90 Å². The summed E-state index contributed by atoms with van der Waals surface area (Å²) >= 11 is 1.72. The van der Waals surface area contributed by atoms with Crippen LogP contribution in [0.4, 0.5) is 5.69 Å². The number of hydrogen-bond donors (Lipinski definition) is 0. The van der Waals surface area contributed by atoms with E-state index in [1.807, 2.05) is 6.07 Å². The molecule has 0 fully saturated rings. The largest absolute Gasteiger partial charge is 0.372 e. The maximum atomic E-state index is 4.63. The summed E-state index contributed by atoms with van der Waals surface area (Å²) in [6.07, 6.45) is 13.4. The average molecular weight is 391 g/mol. The number of allylic oxidation sites excluding steroid dienone is 2. The lowest BCUT2D eigenvalue weighted by Gasteiger charge is -2.24. The zero-order chi connectivity index (χ0) is 19.6. The molecule has 28 heavy (non-hydrogen) atoms. The van der Waals surface area contributed by atoms with Gasteiger partial charge in [-0.1, -0.05) is 69.2 Å². The second-order valence-electron chi connectivity index (χ2n) is 7.02. The first-order valence-corrected chi connectivity index (χ1v) is 11.2. The summed E-state index contributed by atoms with van der Waals surface area (Å²) in [4.78, 5) is 7.15. The summed E-state index contributed by atoms with van der Waals surface area (Å²) in [5.74, 6) is 0. The molecule has 0 bridgehead atoms. The molecule has 0 unspecified atom stereocenters. The Morgan fingerprint density at radius 1 is 0.857 bits per heavy atom. The second kappa shape index (κ2) is 10.8. The van der Waals surface area contributed by atoms with Gasteiger partial charge in [-0.15, -0.1) is 11.3 Å². The van der Waals surface area contributed by atoms with Crippen LogP contribution in [0.1, 0.15) is 50.1 Å². The van der Waals surface area contributed by atoms with Crippen LogP contribution in [0.25, 0.3) is 22.4 Å². The predicted molar refractivity (Wildman–Crippen MR) is 126 cm³/mol. The average Bonchev–Trinajstić information content (AvgIpc) is 3.15. The molecular weight excluding hydrogens is 360 g/mol. The van der Waals surface area contributed by atoms with Crippen LogP contribution < -0.4 is 4.90 Å². The SMILES string of the molecule is CCCCN(CCCC)c1ccc(C=CC=Cc2nc3ccccc3s2)cc1. The number of hydrogen-bond acceptors (Lipinski definition) is 3. The van der Waals surface area contributed by atoms with Crippen LogP contribution >= 0.6 is 11.3 Å². The molecule has 3 aromatic rings. The van der Waals surface area contributed by atoms with Gasteiger partial charge >= 0.3 is 0 Å². The Balaban J connectivity index is 1.60. The number of benzene rings is 2. The van der Waals surface area contributed by atoms with Gasteiger partial charge in [0.1, 0.15) is 5.01 Å². The zero-order valence-corrected chi connectivity index (χ0v) is 17.8. The van der Waals surface area contributed by atoms with Gasteiger partial charge in [0, 0.05) is 18.8 Å². The minimum atomic E-state index is 1.05. The normalized spacial score (nSPS) is 11.8. The molecule has 0 radical (unpaired) electrons. The lowest BCUT2D eigenvalue weighted by atomic mass is 10.1. The standard InChI is InChI=1S/C25H30N2S/c1-3-5-19-27(20-6-4-2)22-17-15-21(16-18-22)11-7-10-14-25-26-23-12-8-9-13-24(23)28-25/h7-18H,3-6,19-20H2,1-2H3. The molecule has 1 heterocycles. The molecule has 0 saturated carbocycles. The number of anilines is 1. The smallest absolute Gasteiger partial charge is 0.117 e. The van der Waals surface area contributed by atoms with E-state index in [1.165, 1.54) is 41.6 Å². The zero-order valence-electron chi connectivity index (χ0n) is 17.0. The van der Waals surface area contributed by atoms with E-state index >= 15 is 0 Å². The van der Waals surface area contributed by atoms with E-state index in [-0.39, 0.29) is 0 Å². The van der Waals surface area contributed by atoms with Crippen molar-refractivity contribution >= 4 is 39.4 Å². The summed E-state index contributed by atoms with van der Waals surface area (Å²) in [5.41, 5.74) is 3.63. The van der Waals surface area contributed by atoms with Crippen molar-refractivity contribution in [3.8, 4) is 0 Å². The summed E-state index contributed by atoms with van der Waals surface area (Å²) in [7, 11) is 0. The first kappa shape index (κ1) is 20.3. The van der Waals surface area contributed by atoms with Gasteiger partial charge in [0.25, 0.3) is 0 Å². The molecule has 0 atom stereocenters. The molecule has 3 heteroatoms. The topological polar surface area (TPSA) is 16.1 Å². The molecule has 1 aromatic heterocycles. The quantitative estimate of drug-likeness (QED) is 0.335. The van der Waals surface area contributed by atoms with Crippen molar-refractivity contribution in [3.05, 3.63) is 71.3 Å². The van der Waals surface area contributed by atoms with Crippen LogP contribution in [-0.2, 0) is 0 Å². The van der Waals surface area contributed by atoms with Gasteiger partial charge in [0.05, 0.1) is 10.2 Å². The molecule has 2 nitrogen and oxygen atoms in total. The van der Waals surface area contributed by atoms with Crippen molar-refractivity contribution in [2.24, 2.45) is 0 Å². The Labute approximate surface area is 173 Å². The van der Waals surface area contributed by atoms with Crippen molar-refractivity contribution in [3.63, 3.8) is 0 Å². The molecule has 3 rings (SSSR count). The molecule has 0 aliphatic rings. The highest BCUT2D eigenvalue weighted by molar-refractivity contribution is 7.19. The lowest BCUT2D eigenvalue weighted by Crippen LogP contribution is -2.25. The van der Waals surface area contributed by atoms with Crippen LogP contribution in [-0.4, -0.2) is 18.1 Å². The third-order valence-electron chi connectivity index (χ3n) is 4.77. The summed E-state index contributed by atoms with van der Waals surface area (Å²) in [5, 5.41) is 1.05. The van der Waals surface area contributed by atoms with Crippen molar-refractivity contribution in [1.82, 2.24) is 4.98 Å². The third-order valence-corrected chi connectivity index (χ3v) is 5.77. The fourth-order valence-electron chi connectivity index (χ4n) is 3.13. The van der Waals surface area contributed by atoms with E-state index in [4.69, 9.17) is 0 Å². The lowest BCUT2D eigenvalue weighted by molar-refractivity contribution is 0.678. The molecule has 146 valence electrons. The van der Waals surface area contributed by atoms with Gasteiger partial charge in [0.15, 0.2) is 0 Å². The predicted octanol–water partition coefficient (Wildman–Crippen LogP) is 7.43. The van der Waals surface area contributed by atoms with Gasteiger partial charge in [-0.05, 0) is 48.7 Å². The van der Waals surface area contributed by atoms with E-state index in [2.05, 4.69) is 90.5 Å². The molecule has 0 aliphatic carbocycles. The highest BCUT2D eigenvalue weighted by atomic mass is 32.1. The van der Waals surface area contributed by atoms with Gasteiger partial charge in [-0.3, -0.25) is 0 Å². The number of thiazole rings is 1. The highest BCUT2D eigenvalue weighted by Gasteiger charge is 2.05. The van der Waals surface area contributed by atoms with E-state index < -0.39 is 0 Å². The number of nitrogens with zero attached hydrogens (tertiary/aromatic N) is 2. The first-order chi connectivity index (χ1) is 13.8. The van der Waals surface area contributed by atoms with Crippen molar-refractivity contribution in [1.29, 1.82) is 0 Å². The monoisotopic (exact) mass is 390 g/mol. The minimum Gasteiger partial charge on any atom is -0.372 e. The summed E-state index contributed by atoms with van der Waals surface area (Å²) < 4.78 is 1.23.